The van der Waals surface area contributed by atoms with Crippen LogP contribution in [0.4, 0.5) is 0 Å². The van der Waals surface area contributed by atoms with Gasteiger partial charge >= 0.3 is 0 Å². The highest BCUT2D eigenvalue weighted by Crippen LogP contribution is 2.34. The van der Waals surface area contributed by atoms with E-state index in [4.69, 9.17) is 10.2 Å². The van der Waals surface area contributed by atoms with Crippen molar-refractivity contribution in [3.05, 3.63) is 17.0 Å². The topological polar surface area (TPSA) is 70.3 Å². The molecular weight excluding hydrogens is 242 g/mol. The number of hydrogen-bond acceptors (Lipinski definition) is 4. The van der Waals surface area contributed by atoms with Gasteiger partial charge in [-0.2, -0.15) is 5.10 Å². The van der Waals surface area contributed by atoms with Crippen LogP contribution in [0.2, 0.25) is 0 Å². The third kappa shape index (κ3) is 3.55. The normalized spacial score (nSPS) is 16.8. The molecule has 0 aliphatic heterocycles. The van der Waals surface area contributed by atoms with Crippen molar-refractivity contribution in [3.8, 4) is 0 Å². The highest BCUT2D eigenvalue weighted by atomic mass is 16.3. The maximum absolute atomic E-state index is 9.11. The Balaban J connectivity index is 1.97. The van der Waals surface area contributed by atoms with Crippen molar-refractivity contribution < 1.29 is 10.2 Å². The fourth-order valence-electron chi connectivity index (χ4n) is 2.68. The zero-order chi connectivity index (χ0) is 13.8. The number of aryl methyl sites for hydroxylation is 1. The van der Waals surface area contributed by atoms with Gasteiger partial charge in [0.15, 0.2) is 0 Å². The molecule has 3 N–H and O–H groups in total. The van der Waals surface area contributed by atoms with Gasteiger partial charge < -0.3 is 15.5 Å². The standard InChI is InChI=1S/C14H25N3O2/c1-10-13(11(2)17(16-10)6-8-19)9-15-14(5-7-18)12-3-4-12/h12,14-15,18-19H,3-9H2,1-2H3. The first kappa shape index (κ1) is 14.5. The van der Waals surface area contributed by atoms with E-state index in [2.05, 4.69) is 10.4 Å². The number of aliphatic hydroxyl groups is 2. The predicted octanol–water partition coefficient (Wildman–Crippen LogP) is 0.743. The second-order valence-corrected chi connectivity index (χ2v) is 5.43. The number of hydrogen-bond donors (Lipinski definition) is 3. The zero-order valence-electron chi connectivity index (χ0n) is 11.9. The molecule has 19 heavy (non-hydrogen) atoms. The second kappa shape index (κ2) is 6.50. The number of rotatable bonds is 8. The van der Waals surface area contributed by atoms with Crippen molar-refractivity contribution in [1.82, 2.24) is 15.1 Å². The summed E-state index contributed by atoms with van der Waals surface area (Å²) in [6.45, 7) is 5.76. The SMILES string of the molecule is Cc1nn(CCO)c(C)c1CNC(CCO)C1CC1. The average Bonchev–Trinajstić information content (AvgIpc) is 3.17. The minimum absolute atomic E-state index is 0.115. The van der Waals surface area contributed by atoms with Crippen molar-refractivity contribution in [3.63, 3.8) is 0 Å². The van der Waals surface area contributed by atoms with E-state index in [9.17, 15) is 0 Å². The molecule has 0 bridgehead atoms. The van der Waals surface area contributed by atoms with Crippen LogP contribution in [-0.2, 0) is 13.1 Å². The largest absolute Gasteiger partial charge is 0.396 e. The van der Waals surface area contributed by atoms with Crippen molar-refractivity contribution in [2.24, 2.45) is 5.92 Å². The maximum atomic E-state index is 9.11. The summed E-state index contributed by atoms with van der Waals surface area (Å²) in [5.74, 6) is 0.736. The molecule has 2 rings (SSSR count). The third-order valence-corrected chi connectivity index (χ3v) is 4.02. The van der Waals surface area contributed by atoms with E-state index in [1.807, 2.05) is 18.5 Å². The number of aromatic nitrogens is 2. The fourth-order valence-corrected chi connectivity index (χ4v) is 2.68. The summed E-state index contributed by atoms with van der Waals surface area (Å²) in [6.07, 6.45) is 3.38. The first-order valence-electron chi connectivity index (χ1n) is 7.15. The smallest absolute Gasteiger partial charge is 0.0644 e. The summed E-state index contributed by atoms with van der Waals surface area (Å²) >= 11 is 0. The lowest BCUT2D eigenvalue weighted by Gasteiger charge is -2.17. The summed E-state index contributed by atoms with van der Waals surface area (Å²) in [5, 5.41) is 26.1. The highest BCUT2D eigenvalue weighted by Gasteiger charge is 2.30. The van der Waals surface area contributed by atoms with Crippen LogP contribution in [0.25, 0.3) is 0 Å². The van der Waals surface area contributed by atoms with E-state index in [0.717, 1.165) is 30.3 Å². The summed E-state index contributed by atoms with van der Waals surface area (Å²) in [4.78, 5) is 0. The van der Waals surface area contributed by atoms with E-state index in [0.29, 0.717) is 12.6 Å². The Kier molecular flexibility index (Phi) is 4.96. The Bertz CT molecular complexity index is 413. The van der Waals surface area contributed by atoms with Crippen LogP contribution >= 0.6 is 0 Å². The van der Waals surface area contributed by atoms with Gasteiger partial charge in [-0.25, -0.2) is 0 Å². The van der Waals surface area contributed by atoms with E-state index < -0.39 is 0 Å². The van der Waals surface area contributed by atoms with E-state index in [1.165, 1.54) is 18.4 Å². The second-order valence-electron chi connectivity index (χ2n) is 5.43. The van der Waals surface area contributed by atoms with Gasteiger partial charge in [0.25, 0.3) is 0 Å². The van der Waals surface area contributed by atoms with Crippen molar-refractivity contribution in [2.45, 2.75) is 52.2 Å². The first-order chi connectivity index (χ1) is 9.17. The van der Waals surface area contributed by atoms with Gasteiger partial charge in [0.05, 0.1) is 18.8 Å². The quantitative estimate of drug-likeness (QED) is 0.650. The lowest BCUT2D eigenvalue weighted by molar-refractivity contribution is 0.255. The van der Waals surface area contributed by atoms with Gasteiger partial charge in [-0.05, 0) is 39.0 Å². The first-order valence-corrected chi connectivity index (χ1v) is 7.15. The molecule has 108 valence electrons. The van der Waals surface area contributed by atoms with Gasteiger partial charge in [-0.3, -0.25) is 4.68 Å². The average molecular weight is 267 g/mol. The van der Waals surface area contributed by atoms with Crippen molar-refractivity contribution >= 4 is 0 Å². The van der Waals surface area contributed by atoms with Crippen LogP contribution in [0.1, 0.15) is 36.2 Å². The Labute approximate surface area is 114 Å². The third-order valence-electron chi connectivity index (χ3n) is 4.02. The van der Waals surface area contributed by atoms with Crippen LogP contribution in [0.5, 0.6) is 0 Å². The Morgan fingerprint density at radius 1 is 1.32 bits per heavy atom. The van der Waals surface area contributed by atoms with Gasteiger partial charge in [-0.15, -0.1) is 0 Å². The monoisotopic (exact) mass is 267 g/mol. The summed E-state index contributed by atoms with van der Waals surface area (Å²) in [7, 11) is 0. The van der Waals surface area contributed by atoms with Crippen LogP contribution < -0.4 is 5.32 Å². The molecule has 1 aliphatic rings. The van der Waals surface area contributed by atoms with Gasteiger partial charge in [0, 0.05) is 30.5 Å². The number of nitrogens with one attached hydrogen (secondary N) is 1. The van der Waals surface area contributed by atoms with E-state index in [-0.39, 0.29) is 13.2 Å². The molecule has 0 amide bonds. The zero-order valence-corrected chi connectivity index (χ0v) is 11.9. The van der Waals surface area contributed by atoms with Gasteiger partial charge in [-0.1, -0.05) is 0 Å². The molecule has 0 aromatic carbocycles. The van der Waals surface area contributed by atoms with Crippen LogP contribution in [-0.4, -0.2) is 39.2 Å². The molecule has 1 unspecified atom stereocenters. The molecule has 1 atom stereocenters. The summed E-state index contributed by atoms with van der Waals surface area (Å²) in [5.41, 5.74) is 3.37. The molecule has 1 aromatic rings. The molecule has 1 aromatic heterocycles. The molecule has 0 saturated heterocycles. The lowest BCUT2D eigenvalue weighted by atomic mass is 10.1. The van der Waals surface area contributed by atoms with E-state index in [1.54, 1.807) is 0 Å². The lowest BCUT2D eigenvalue weighted by Crippen LogP contribution is -2.31. The van der Waals surface area contributed by atoms with Gasteiger partial charge in [0.2, 0.25) is 0 Å². The predicted molar refractivity (Wildman–Crippen MR) is 73.8 cm³/mol. The maximum Gasteiger partial charge on any atom is 0.0644 e. The Morgan fingerprint density at radius 3 is 2.63 bits per heavy atom. The van der Waals surface area contributed by atoms with Crippen molar-refractivity contribution in [1.29, 1.82) is 0 Å². The Hall–Kier alpha value is -0.910. The molecule has 1 saturated carbocycles. The minimum atomic E-state index is 0.115. The van der Waals surface area contributed by atoms with Crippen LogP contribution in [0, 0.1) is 19.8 Å². The Morgan fingerprint density at radius 2 is 2.05 bits per heavy atom. The highest BCUT2D eigenvalue weighted by molar-refractivity contribution is 5.24. The molecule has 5 heteroatoms. The molecule has 1 heterocycles. The summed E-state index contributed by atoms with van der Waals surface area (Å²) < 4.78 is 1.87. The van der Waals surface area contributed by atoms with Gasteiger partial charge in [0.1, 0.15) is 0 Å². The number of aliphatic hydroxyl groups excluding tert-OH is 2. The van der Waals surface area contributed by atoms with E-state index >= 15 is 0 Å². The van der Waals surface area contributed by atoms with Crippen LogP contribution in [0.3, 0.4) is 0 Å². The molecular formula is C14H25N3O2. The molecule has 1 aliphatic carbocycles. The molecule has 1 fully saturated rings. The fraction of sp³-hybridized carbons (Fsp3) is 0.786. The summed E-state index contributed by atoms with van der Waals surface area (Å²) in [6, 6.07) is 0.421. The number of nitrogens with zero attached hydrogens (tertiary/aromatic N) is 2. The van der Waals surface area contributed by atoms with Crippen molar-refractivity contribution in [2.75, 3.05) is 13.2 Å². The van der Waals surface area contributed by atoms with Crippen LogP contribution in [0.15, 0.2) is 0 Å². The molecule has 5 nitrogen and oxygen atoms in total. The molecule has 0 spiro atoms. The minimum Gasteiger partial charge on any atom is -0.396 e. The molecule has 0 radical (unpaired) electrons.